The fourth-order valence-corrected chi connectivity index (χ4v) is 8.91. The maximum atomic E-state index is 12.2. The molecule has 0 unspecified atom stereocenters. The lowest BCUT2D eigenvalue weighted by Crippen LogP contribution is -2.53. The highest BCUT2D eigenvalue weighted by atomic mass is 16.7. The van der Waals surface area contributed by atoms with Crippen molar-refractivity contribution in [3.05, 3.63) is 41.0 Å². The van der Waals surface area contributed by atoms with Crippen LogP contribution in [-0.4, -0.2) is 56.5 Å². The quantitative estimate of drug-likeness (QED) is 0.365. The summed E-state index contributed by atoms with van der Waals surface area (Å²) in [7, 11) is 4.20. The van der Waals surface area contributed by atoms with Gasteiger partial charge in [-0.3, -0.25) is 0 Å². The molecule has 1 saturated heterocycles. The zero-order chi connectivity index (χ0) is 25.8. The standard InChI is InChI=1S/C32H47NO4/c1-5-6-17-35-28-12-11-26-24-13-15-31(34)21-32(36-18-19-37-32)16-14-27(31)29(24)25(20-30(26,28)2)22-7-9-23(10-8-22)33(3)4/h7-10,24-26,28,34H,5-6,11-21H2,1-4H3/t24-,25+,26-,28-,30-,31+/m0/s1. The maximum absolute atomic E-state index is 12.2. The second-order valence-corrected chi connectivity index (χ2v) is 13.0. The number of unbranched alkanes of at least 4 members (excludes halogenated alkanes) is 1. The molecule has 4 aliphatic carbocycles. The van der Waals surface area contributed by atoms with Crippen molar-refractivity contribution >= 4 is 5.69 Å². The fourth-order valence-electron chi connectivity index (χ4n) is 8.91. The van der Waals surface area contributed by atoms with Gasteiger partial charge in [0.05, 0.1) is 24.9 Å². The highest BCUT2D eigenvalue weighted by Gasteiger charge is 2.60. The van der Waals surface area contributed by atoms with Crippen LogP contribution in [0.15, 0.2) is 35.4 Å². The predicted octanol–water partition coefficient (Wildman–Crippen LogP) is 6.21. The number of hydrogen-bond acceptors (Lipinski definition) is 5. The molecule has 5 aliphatic rings. The number of allylic oxidation sites excluding steroid dienone is 1. The summed E-state index contributed by atoms with van der Waals surface area (Å²) < 4.78 is 18.8. The SMILES string of the molecule is CCCCO[C@H]1CC[C@H]2[C@@H]3CC[C@@]4(O)CC5(CCC4=C3[C@@H](c3ccc(N(C)C)cc3)C[C@]12C)OCCO5. The molecule has 6 atom stereocenters. The molecule has 37 heavy (non-hydrogen) atoms. The molecule has 6 rings (SSSR count). The Labute approximate surface area is 223 Å². The number of fused-ring (bicyclic) bond motifs is 4. The van der Waals surface area contributed by atoms with E-state index in [0.29, 0.717) is 43.5 Å². The number of aliphatic hydroxyl groups is 1. The van der Waals surface area contributed by atoms with E-state index < -0.39 is 11.4 Å². The van der Waals surface area contributed by atoms with E-state index in [2.05, 4.69) is 57.1 Å². The Morgan fingerprint density at radius 1 is 1.05 bits per heavy atom. The third-order valence-electron chi connectivity index (χ3n) is 10.8. The zero-order valence-electron chi connectivity index (χ0n) is 23.4. The predicted molar refractivity (Wildman–Crippen MR) is 147 cm³/mol. The molecule has 3 saturated carbocycles. The van der Waals surface area contributed by atoms with Crippen molar-refractivity contribution in [1.82, 2.24) is 0 Å². The molecule has 1 aliphatic heterocycles. The normalized spacial score (nSPS) is 38.4. The summed E-state index contributed by atoms with van der Waals surface area (Å²) in [4.78, 5) is 2.17. The average Bonchev–Trinajstić information content (AvgIpc) is 3.46. The Bertz CT molecular complexity index is 1010. The van der Waals surface area contributed by atoms with Crippen LogP contribution in [0.1, 0.15) is 89.5 Å². The van der Waals surface area contributed by atoms with E-state index in [-0.39, 0.29) is 5.41 Å². The van der Waals surface area contributed by atoms with Gasteiger partial charge in [-0.25, -0.2) is 0 Å². The molecule has 204 valence electrons. The van der Waals surface area contributed by atoms with Gasteiger partial charge in [0.15, 0.2) is 5.79 Å². The summed E-state index contributed by atoms with van der Waals surface area (Å²) in [6.45, 7) is 6.94. The Hall–Kier alpha value is -1.40. The third-order valence-corrected chi connectivity index (χ3v) is 10.8. The van der Waals surface area contributed by atoms with E-state index in [1.807, 2.05) is 0 Å². The van der Waals surface area contributed by atoms with Crippen molar-refractivity contribution in [2.45, 2.75) is 101 Å². The summed E-state index contributed by atoms with van der Waals surface area (Å²) in [5, 5.41) is 12.2. The van der Waals surface area contributed by atoms with E-state index in [4.69, 9.17) is 14.2 Å². The van der Waals surface area contributed by atoms with E-state index >= 15 is 0 Å². The first-order chi connectivity index (χ1) is 17.8. The Morgan fingerprint density at radius 2 is 1.81 bits per heavy atom. The van der Waals surface area contributed by atoms with Crippen LogP contribution in [0, 0.1) is 17.3 Å². The van der Waals surface area contributed by atoms with Crippen LogP contribution in [0.25, 0.3) is 0 Å². The van der Waals surface area contributed by atoms with Gasteiger partial charge in [0.1, 0.15) is 0 Å². The molecule has 1 heterocycles. The lowest BCUT2D eigenvalue weighted by atomic mass is 9.51. The smallest absolute Gasteiger partial charge is 0.171 e. The molecule has 0 amide bonds. The molecule has 1 aromatic rings. The number of anilines is 1. The molecule has 1 spiro atoms. The van der Waals surface area contributed by atoms with Gasteiger partial charge >= 0.3 is 0 Å². The van der Waals surface area contributed by atoms with E-state index in [9.17, 15) is 5.11 Å². The molecule has 0 bridgehead atoms. The molecular weight excluding hydrogens is 462 g/mol. The van der Waals surface area contributed by atoms with Gasteiger partial charge in [-0.2, -0.15) is 0 Å². The van der Waals surface area contributed by atoms with Crippen molar-refractivity contribution in [2.75, 3.05) is 38.8 Å². The minimum atomic E-state index is -0.806. The molecule has 0 aromatic heterocycles. The van der Waals surface area contributed by atoms with Crippen LogP contribution >= 0.6 is 0 Å². The van der Waals surface area contributed by atoms with Crippen LogP contribution in [0.2, 0.25) is 0 Å². The number of ether oxygens (including phenoxy) is 3. The molecular formula is C32H47NO4. The van der Waals surface area contributed by atoms with E-state index in [1.54, 1.807) is 5.57 Å². The lowest BCUT2D eigenvalue weighted by Gasteiger charge is -2.56. The van der Waals surface area contributed by atoms with Gasteiger partial charge in [-0.15, -0.1) is 0 Å². The Morgan fingerprint density at radius 3 is 2.51 bits per heavy atom. The lowest BCUT2D eigenvalue weighted by molar-refractivity contribution is -0.208. The number of benzene rings is 1. The average molecular weight is 510 g/mol. The second-order valence-electron chi connectivity index (χ2n) is 13.0. The number of hydrogen-bond donors (Lipinski definition) is 1. The molecule has 1 N–H and O–H groups in total. The highest BCUT2D eigenvalue weighted by molar-refractivity contribution is 5.50. The van der Waals surface area contributed by atoms with Crippen molar-refractivity contribution in [1.29, 1.82) is 0 Å². The second kappa shape index (κ2) is 9.66. The van der Waals surface area contributed by atoms with Gasteiger partial charge in [0.2, 0.25) is 0 Å². The number of rotatable bonds is 6. The molecule has 1 aromatic carbocycles. The van der Waals surface area contributed by atoms with Gasteiger partial charge in [0, 0.05) is 45.1 Å². The van der Waals surface area contributed by atoms with Crippen LogP contribution < -0.4 is 4.90 Å². The minimum absolute atomic E-state index is 0.177. The first-order valence-corrected chi connectivity index (χ1v) is 14.9. The summed E-state index contributed by atoms with van der Waals surface area (Å²) >= 11 is 0. The summed E-state index contributed by atoms with van der Waals surface area (Å²) in [6.07, 6.45) is 10.4. The van der Waals surface area contributed by atoms with Crippen molar-refractivity contribution < 1.29 is 19.3 Å². The van der Waals surface area contributed by atoms with Gasteiger partial charge in [-0.1, -0.05) is 38.0 Å². The summed E-state index contributed by atoms with van der Waals surface area (Å²) in [6, 6.07) is 9.21. The monoisotopic (exact) mass is 509 g/mol. The summed E-state index contributed by atoms with van der Waals surface area (Å²) in [5.41, 5.74) is 4.89. The first-order valence-electron chi connectivity index (χ1n) is 14.9. The Balaban J connectivity index is 1.40. The molecule has 5 nitrogen and oxygen atoms in total. The van der Waals surface area contributed by atoms with Gasteiger partial charge < -0.3 is 24.2 Å². The zero-order valence-corrected chi connectivity index (χ0v) is 23.4. The van der Waals surface area contributed by atoms with E-state index in [1.165, 1.54) is 36.1 Å². The van der Waals surface area contributed by atoms with Gasteiger partial charge in [0.25, 0.3) is 0 Å². The fraction of sp³-hybridized carbons (Fsp3) is 0.750. The number of nitrogens with zero attached hydrogens (tertiary/aromatic N) is 1. The molecule has 0 radical (unpaired) electrons. The van der Waals surface area contributed by atoms with Crippen molar-refractivity contribution in [2.24, 2.45) is 17.3 Å². The molecule has 4 fully saturated rings. The van der Waals surface area contributed by atoms with Crippen molar-refractivity contribution in [3.8, 4) is 0 Å². The van der Waals surface area contributed by atoms with Crippen LogP contribution in [0.3, 0.4) is 0 Å². The maximum Gasteiger partial charge on any atom is 0.171 e. The highest BCUT2D eigenvalue weighted by Crippen LogP contribution is 2.66. The van der Waals surface area contributed by atoms with Crippen LogP contribution in [-0.2, 0) is 14.2 Å². The first kappa shape index (κ1) is 25.9. The minimum Gasteiger partial charge on any atom is -0.385 e. The van der Waals surface area contributed by atoms with E-state index in [0.717, 1.165) is 45.1 Å². The van der Waals surface area contributed by atoms with Gasteiger partial charge in [-0.05, 0) is 85.5 Å². The largest absolute Gasteiger partial charge is 0.385 e. The topological polar surface area (TPSA) is 51.2 Å². The Kier molecular flexibility index (Phi) is 6.75. The summed E-state index contributed by atoms with van der Waals surface area (Å²) in [5.74, 6) is 0.924. The molecule has 5 heteroatoms. The van der Waals surface area contributed by atoms with Crippen molar-refractivity contribution in [3.63, 3.8) is 0 Å². The van der Waals surface area contributed by atoms with Crippen LogP contribution in [0.4, 0.5) is 5.69 Å². The van der Waals surface area contributed by atoms with Crippen LogP contribution in [0.5, 0.6) is 0 Å². The third kappa shape index (κ3) is 4.29.